The second kappa shape index (κ2) is 5.83. The summed E-state index contributed by atoms with van der Waals surface area (Å²) in [6, 6.07) is 1.42. The number of nitrogens with zero attached hydrogens (tertiary/aromatic N) is 4. The molecule has 0 amide bonds. The Balaban J connectivity index is 2.12. The number of hydrogen-bond donors (Lipinski definition) is 0. The van der Waals surface area contributed by atoms with E-state index in [1.807, 2.05) is 0 Å². The summed E-state index contributed by atoms with van der Waals surface area (Å²) in [4.78, 5) is 26.6. The first kappa shape index (κ1) is 14.2. The lowest BCUT2D eigenvalue weighted by atomic mass is 10.4. The van der Waals surface area contributed by atoms with Crippen LogP contribution in [0.5, 0.6) is 0 Å². The van der Waals surface area contributed by atoms with Crippen LogP contribution in [0.15, 0.2) is 10.9 Å². The summed E-state index contributed by atoms with van der Waals surface area (Å²) in [7, 11) is 0. The van der Waals surface area contributed by atoms with Gasteiger partial charge in [0.25, 0.3) is 5.56 Å². The molecule has 0 bridgehead atoms. The summed E-state index contributed by atoms with van der Waals surface area (Å²) in [6.07, 6.45) is 0. The van der Waals surface area contributed by atoms with Crippen LogP contribution < -0.4 is 5.56 Å². The predicted molar refractivity (Wildman–Crippen MR) is 69.3 cm³/mol. The van der Waals surface area contributed by atoms with Crippen LogP contribution in [-0.2, 0) is 21.0 Å². The number of carbonyl (C=O) groups is 1. The van der Waals surface area contributed by atoms with Crippen LogP contribution in [0.3, 0.4) is 0 Å². The van der Waals surface area contributed by atoms with E-state index in [2.05, 4.69) is 10.1 Å². The van der Waals surface area contributed by atoms with Crippen molar-refractivity contribution in [1.29, 1.82) is 0 Å². The van der Waals surface area contributed by atoms with E-state index < -0.39 is 0 Å². The minimum atomic E-state index is -0.346. The maximum atomic E-state index is 11.8. The summed E-state index contributed by atoms with van der Waals surface area (Å²) in [6.45, 7) is 5.49. The molecule has 20 heavy (non-hydrogen) atoms. The third kappa shape index (κ3) is 3.02. The van der Waals surface area contributed by atoms with Crippen molar-refractivity contribution < 1.29 is 14.3 Å². The first-order valence-electron chi connectivity index (χ1n) is 6.14. The molecule has 0 aliphatic heterocycles. The fourth-order valence-electron chi connectivity index (χ4n) is 1.74. The van der Waals surface area contributed by atoms with Gasteiger partial charge in [0.15, 0.2) is 0 Å². The number of aryl methyl sites for hydroxylation is 2. The zero-order chi connectivity index (χ0) is 14.7. The van der Waals surface area contributed by atoms with Crippen molar-refractivity contribution >= 4 is 11.7 Å². The second-order valence-electron chi connectivity index (χ2n) is 4.30. The van der Waals surface area contributed by atoms with E-state index in [0.717, 1.165) is 0 Å². The third-order valence-electron chi connectivity index (χ3n) is 2.64. The van der Waals surface area contributed by atoms with Crippen LogP contribution in [0, 0.1) is 13.8 Å². The number of hydrogen-bond acceptors (Lipinski definition) is 6. The Hall–Kier alpha value is -2.22. The molecule has 0 spiro atoms. The molecule has 0 aromatic carbocycles. The normalized spacial score (nSPS) is 10.9. The molecule has 8 nitrogen and oxygen atoms in total. The van der Waals surface area contributed by atoms with Gasteiger partial charge in [-0.05, 0) is 13.8 Å². The van der Waals surface area contributed by atoms with E-state index in [1.54, 1.807) is 18.4 Å². The first-order chi connectivity index (χ1) is 9.49. The van der Waals surface area contributed by atoms with Gasteiger partial charge in [-0.15, -0.1) is 5.10 Å². The lowest BCUT2D eigenvalue weighted by molar-refractivity contribution is -0.142. The Labute approximate surface area is 114 Å². The second-order valence-corrected chi connectivity index (χ2v) is 4.30. The Kier molecular flexibility index (Phi) is 4.14. The average molecular weight is 280 g/mol. The van der Waals surface area contributed by atoms with Crippen LogP contribution in [0.25, 0.3) is 5.78 Å². The van der Waals surface area contributed by atoms with Gasteiger partial charge in [0.1, 0.15) is 19.2 Å². The highest BCUT2D eigenvalue weighted by molar-refractivity contribution is 5.65. The van der Waals surface area contributed by atoms with Gasteiger partial charge >= 0.3 is 5.97 Å². The van der Waals surface area contributed by atoms with E-state index >= 15 is 0 Å². The fourth-order valence-corrected chi connectivity index (χ4v) is 1.74. The molecule has 0 saturated carbocycles. The minimum Gasteiger partial charge on any atom is -0.463 e. The van der Waals surface area contributed by atoms with Gasteiger partial charge in [-0.2, -0.15) is 4.52 Å². The third-order valence-corrected chi connectivity index (χ3v) is 2.64. The van der Waals surface area contributed by atoms with Crippen molar-refractivity contribution in [3.05, 3.63) is 27.9 Å². The molecule has 0 saturated heterocycles. The van der Waals surface area contributed by atoms with Gasteiger partial charge in [-0.1, -0.05) is 0 Å². The molecule has 2 aromatic heterocycles. The molecule has 8 heteroatoms. The number of aromatic nitrogens is 4. The SMILES string of the molecule is CC(=O)OCCOCn1c(C)nn2c(=O)cc(C)nc12. The quantitative estimate of drug-likeness (QED) is 0.568. The number of rotatable bonds is 5. The van der Waals surface area contributed by atoms with Crippen LogP contribution in [-0.4, -0.2) is 38.3 Å². The van der Waals surface area contributed by atoms with Gasteiger partial charge in [0.2, 0.25) is 5.78 Å². The van der Waals surface area contributed by atoms with Gasteiger partial charge in [0, 0.05) is 18.7 Å². The summed E-state index contributed by atoms with van der Waals surface area (Å²) < 4.78 is 13.1. The minimum absolute atomic E-state index is 0.187. The van der Waals surface area contributed by atoms with Gasteiger partial charge in [0.05, 0.1) is 6.61 Å². The van der Waals surface area contributed by atoms with Crippen LogP contribution in [0.2, 0.25) is 0 Å². The van der Waals surface area contributed by atoms with Crippen molar-refractivity contribution in [2.75, 3.05) is 13.2 Å². The molecule has 0 aliphatic carbocycles. The molecule has 108 valence electrons. The molecule has 0 fully saturated rings. The van der Waals surface area contributed by atoms with Crippen LogP contribution >= 0.6 is 0 Å². The Morgan fingerprint density at radius 3 is 2.80 bits per heavy atom. The van der Waals surface area contributed by atoms with E-state index in [9.17, 15) is 9.59 Å². The molecule has 0 atom stereocenters. The smallest absolute Gasteiger partial charge is 0.302 e. The molecular formula is C12H16N4O4. The number of ether oxygens (including phenoxy) is 2. The van der Waals surface area contributed by atoms with Crippen molar-refractivity contribution in [2.24, 2.45) is 0 Å². The first-order valence-corrected chi connectivity index (χ1v) is 6.14. The van der Waals surface area contributed by atoms with Crippen LogP contribution in [0.4, 0.5) is 0 Å². The summed E-state index contributed by atoms with van der Waals surface area (Å²) in [5.41, 5.74) is 0.394. The fraction of sp³-hybridized carbons (Fsp3) is 0.500. The monoisotopic (exact) mass is 280 g/mol. The van der Waals surface area contributed by atoms with E-state index in [0.29, 0.717) is 17.3 Å². The van der Waals surface area contributed by atoms with E-state index in [4.69, 9.17) is 9.47 Å². The van der Waals surface area contributed by atoms with Crippen molar-refractivity contribution in [1.82, 2.24) is 19.2 Å². The molecule has 0 unspecified atom stereocenters. The summed E-state index contributed by atoms with van der Waals surface area (Å²) >= 11 is 0. The van der Waals surface area contributed by atoms with E-state index in [1.165, 1.54) is 17.5 Å². The average Bonchev–Trinajstić information content (AvgIpc) is 2.66. The topological polar surface area (TPSA) is 87.7 Å². The van der Waals surface area contributed by atoms with Gasteiger partial charge in [-0.25, -0.2) is 4.98 Å². The van der Waals surface area contributed by atoms with E-state index in [-0.39, 0.29) is 31.5 Å². The maximum absolute atomic E-state index is 11.8. The number of fused-ring (bicyclic) bond motifs is 1. The van der Waals surface area contributed by atoms with Crippen molar-refractivity contribution in [3.8, 4) is 0 Å². The maximum Gasteiger partial charge on any atom is 0.302 e. The highest BCUT2D eigenvalue weighted by Gasteiger charge is 2.10. The Morgan fingerprint density at radius 2 is 2.10 bits per heavy atom. The van der Waals surface area contributed by atoms with Gasteiger partial charge < -0.3 is 9.47 Å². The van der Waals surface area contributed by atoms with Crippen molar-refractivity contribution in [3.63, 3.8) is 0 Å². The molecular weight excluding hydrogens is 264 g/mol. The molecule has 2 heterocycles. The summed E-state index contributed by atoms with van der Waals surface area (Å²) in [5, 5.41) is 4.12. The number of carbonyl (C=O) groups excluding carboxylic acids is 1. The highest BCUT2D eigenvalue weighted by atomic mass is 16.6. The largest absolute Gasteiger partial charge is 0.463 e. The Morgan fingerprint density at radius 1 is 1.35 bits per heavy atom. The molecule has 0 radical (unpaired) electrons. The standard InChI is InChI=1S/C12H16N4O4/c1-8-6-11(18)16-12(13-8)15(9(2)14-16)7-19-4-5-20-10(3)17/h6H,4-5,7H2,1-3H3. The lowest BCUT2D eigenvalue weighted by Gasteiger charge is -2.07. The zero-order valence-electron chi connectivity index (χ0n) is 11.6. The molecule has 0 aliphatic rings. The number of esters is 1. The van der Waals surface area contributed by atoms with Crippen LogP contribution in [0.1, 0.15) is 18.4 Å². The molecule has 2 aromatic rings. The Bertz CT molecular complexity index is 689. The highest BCUT2D eigenvalue weighted by Crippen LogP contribution is 2.04. The molecule has 2 rings (SSSR count). The lowest BCUT2D eigenvalue weighted by Crippen LogP contribution is -2.16. The summed E-state index contributed by atoms with van der Waals surface area (Å²) in [5.74, 6) is 0.703. The molecule has 0 N–H and O–H groups in total. The zero-order valence-corrected chi connectivity index (χ0v) is 11.6. The van der Waals surface area contributed by atoms with Crippen molar-refractivity contribution in [2.45, 2.75) is 27.5 Å². The predicted octanol–water partition coefficient (Wildman–Crippen LogP) is 0.0450. The van der Waals surface area contributed by atoms with Gasteiger partial charge in [-0.3, -0.25) is 14.2 Å².